The Morgan fingerprint density at radius 3 is 1.41 bits per heavy atom. The van der Waals surface area contributed by atoms with Crippen molar-refractivity contribution in [3.8, 4) is 11.4 Å². The summed E-state index contributed by atoms with van der Waals surface area (Å²) < 4.78 is 87.6. The molecule has 0 aliphatic heterocycles. The summed E-state index contributed by atoms with van der Waals surface area (Å²) in [6, 6.07) is 30.5. The molecule has 2 heterocycles. The zero-order chi connectivity index (χ0) is 51.5. The molecule has 2 aromatic heterocycles. The standard InChI is InChI=1S/C25H23FN4O5S.C22H18BrFN4O3S.C2H6O/c1-3-35-25(32)17-12-21(22-15-29-30(23(22)13-17)19-8-6-18(26)7-9-19)24(31)28-14-16-4-10-20(11-5-16)36(33,34)27-2;1-25-32(30,31)18-8-2-14(3-9-18)12-26-22(29)19-10-15(23)11-21-20(19)13-27-28(21)17-6-4-16(24)5-7-17;1-2-3/h4-13,15,27H,3,14H2,1-2H3,(H,28,31);2-11,13,25H,12H2,1H3,(H,26,29);3H,2H2,1H3. The molecular formula is C49H47BrF2N8O9S2. The Morgan fingerprint density at radius 1 is 0.620 bits per heavy atom. The molecule has 2 amide bonds. The zero-order valence-corrected chi connectivity index (χ0v) is 41.7. The van der Waals surface area contributed by atoms with Crippen molar-refractivity contribution in [2.75, 3.05) is 27.3 Å². The largest absolute Gasteiger partial charge is 0.462 e. The van der Waals surface area contributed by atoms with E-state index in [1.165, 1.54) is 91.7 Å². The highest BCUT2D eigenvalue weighted by atomic mass is 79.9. The van der Waals surface area contributed by atoms with Crippen molar-refractivity contribution in [3.05, 3.63) is 178 Å². The maximum atomic E-state index is 13.4. The van der Waals surface area contributed by atoms with Gasteiger partial charge in [-0.05, 0) is 136 Å². The van der Waals surface area contributed by atoms with Gasteiger partial charge in [0.1, 0.15) is 11.6 Å². The molecule has 0 bridgehead atoms. The smallest absolute Gasteiger partial charge is 0.338 e. The lowest BCUT2D eigenvalue weighted by molar-refractivity contribution is 0.0526. The monoisotopic (exact) mass is 1070 g/mol. The number of carbonyl (C=O) groups excluding carboxylic acids is 3. The van der Waals surface area contributed by atoms with E-state index in [0.29, 0.717) is 48.8 Å². The van der Waals surface area contributed by atoms with Crippen molar-refractivity contribution < 1.29 is 49.8 Å². The first kappa shape index (κ1) is 53.1. The molecule has 0 radical (unpaired) electrons. The number of aliphatic hydroxyl groups excluding tert-OH is 1. The third kappa shape index (κ3) is 13.0. The fraction of sp³-hybridized carbons (Fsp3) is 0.163. The minimum Gasteiger partial charge on any atom is -0.462 e. The van der Waals surface area contributed by atoms with Gasteiger partial charge in [0.15, 0.2) is 0 Å². The Balaban J connectivity index is 0.000000222. The molecule has 8 rings (SSSR count). The lowest BCUT2D eigenvalue weighted by Gasteiger charge is -2.11. The summed E-state index contributed by atoms with van der Waals surface area (Å²) in [6.45, 7) is 4.11. The number of nitrogens with zero attached hydrogens (tertiary/aromatic N) is 4. The third-order valence-corrected chi connectivity index (χ3v) is 13.7. The number of benzene rings is 6. The fourth-order valence-corrected chi connectivity index (χ4v) is 8.77. The average molecular weight is 1070 g/mol. The van der Waals surface area contributed by atoms with Crippen LogP contribution in [0.15, 0.2) is 148 Å². The summed E-state index contributed by atoms with van der Waals surface area (Å²) in [5.41, 5.74) is 4.62. The van der Waals surface area contributed by atoms with Gasteiger partial charge < -0.3 is 20.5 Å². The van der Waals surface area contributed by atoms with Gasteiger partial charge in [-0.1, -0.05) is 40.2 Å². The second kappa shape index (κ2) is 23.6. The van der Waals surface area contributed by atoms with Crippen LogP contribution in [0, 0.1) is 11.6 Å². The average Bonchev–Trinajstić information content (AvgIpc) is 4.00. The predicted octanol–water partition coefficient (Wildman–Crippen LogP) is 6.94. The quantitative estimate of drug-likeness (QED) is 0.0700. The molecule has 0 fully saturated rings. The Labute approximate surface area is 416 Å². The van der Waals surface area contributed by atoms with E-state index in [0.717, 1.165) is 5.56 Å². The molecule has 6 aromatic carbocycles. The first-order valence-electron chi connectivity index (χ1n) is 21.5. The molecule has 0 saturated carbocycles. The fourth-order valence-electron chi connectivity index (χ4n) is 6.87. The highest BCUT2D eigenvalue weighted by Crippen LogP contribution is 2.28. The van der Waals surface area contributed by atoms with Crippen LogP contribution in [-0.2, 0) is 37.9 Å². The molecule has 71 heavy (non-hydrogen) atoms. The maximum absolute atomic E-state index is 13.4. The third-order valence-electron chi connectivity index (χ3n) is 10.4. The van der Waals surface area contributed by atoms with Gasteiger partial charge in [-0.25, -0.2) is 49.2 Å². The van der Waals surface area contributed by atoms with E-state index < -0.39 is 37.7 Å². The maximum Gasteiger partial charge on any atom is 0.338 e. The number of aliphatic hydroxyl groups is 1. The second-order valence-electron chi connectivity index (χ2n) is 15.0. The molecule has 5 N–H and O–H groups in total. The molecule has 0 aliphatic rings. The molecule has 0 unspecified atom stereocenters. The highest BCUT2D eigenvalue weighted by Gasteiger charge is 2.21. The summed E-state index contributed by atoms with van der Waals surface area (Å²) in [5, 5.41) is 23.1. The van der Waals surface area contributed by atoms with Crippen molar-refractivity contribution in [1.29, 1.82) is 0 Å². The van der Waals surface area contributed by atoms with Crippen LogP contribution in [0.4, 0.5) is 8.78 Å². The lowest BCUT2D eigenvalue weighted by atomic mass is 10.0. The Kier molecular flexibility index (Phi) is 17.7. The van der Waals surface area contributed by atoms with Gasteiger partial charge >= 0.3 is 5.97 Å². The van der Waals surface area contributed by atoms with Crippen LogP contribution in [0.25, 0.3) is 33.2 Å². The van der Waals surface area contributed by atoms with E-state index in [1.807, 2.05) is 6.07 Å². The number of hydrogen-bond donors (Lipinski definition) is 5. The number of sulfonamides is 2. The van der Waals surface area contributed by atoms with Crippen molar-refractivity contribution in [2.24, 2.45) is 0 Å². The van der Waals surface area contributed by atoms with Crippen LogP contribution >= 0.6 is 15.9 Å². The van der Waals surface area contributed by atoms with Crippen molar-refractivity contribution in [1.82, 2.24) is 39.6 Å². The lowest BCUT2D eigenvalue weighted by Crippen LogP contribution is -2.23. The van der Waals surface area contributed by atoms with Crippen LogP contribution < -0.4 is 20.1 Å². The number of fused-ring (bicyclic) bond motifs is 2. The number of esters is 1. The number of nitrogens with one attached hydrogen (secondary N) is 4. The summed E-state index contributed by atoms with van der Waals surface area (Å²) in [7, 11) is -4.41. The normalized spacial score (nSPS) is 11.3. The molecule has 17 nitrogen and oxygen atoms in total. The molecule has 370 valence electrons. The Hall–Kier alpha value is -7.21. The minimum atomic E-state index is -3.57. The van der Waals surface area contributed by atoms with E-state index in [-0.39, 0.29) is 58.9 Å². The van der Waals surface area contributed by atoms with Crippen LogP contribution in [0.5, 0.6) is 0 Å². The number of hydrogen-bond acceptors (Lipinski definition) is 11. The van der Waals surface area contributed by atoms with Gasteiger partial charge in [0.2, 0.25) is 20.0 Å². The number of amides is 2. The number of carbonyl (C=O) groups is 3. The molecule has 0 saturated heterocycles. The summed E-state index contributed by atoms with van der Waals surface area (Å²) in [6.07, 6.45) is 3.09. The molecule has 8 aromatic rings. The number of halogens is 3. The second-order valence-corrected chi connectivity index (χ2v) is 19.7. The van der Waals surface area contributed by atoms with Gasteiger partial charge in [0, 0.05) is 34.9 Å². The van der Waals surface area contributed by atoms with E-state index >= 15 is 0 Å². The van der Waals surface area contributed by atoms with Crippen LogP contribution in [0.3, 0.4) is 0 Å². The minimum absolute atomic E-state index is 0.108. The van der Waals surface area contributed by atoms with E-state index in [9.17, 15) is 40.0 Å². The molecule has 22 heteroatoms. The Bertz CT molecular complexity index is 3410. The van der Waals surface area contributed by atoms with Gasteiger partial charge in [0.05, 0.1) is 67.9 Å². The van der Waals surface area contributed by atoms with E-state index in [1.54, 1.807) is 73.3 Å². The van der Waals surface area contributed by atoms with E-state index in [2.05, 4.69) is 46.2 Å². The summed E-state index contributed by atoms with van der Waals surface area (Å²) >= 11 is 3.44. The van der Waals surface area contributed by atoms with Gasteiger partial charge in [-0.2, -0.15) is 10.2 Å². The SMILES string of the molecule is CCO.CCOC(=O)c1cc(C(=O)NCc2ccc(S(=O)(=O)NC)cc2)c2cnn(-c3ccc(F)cc3)c2c1.CNS(=O)(=O)c1ccc(CNC(=O)c2cc(Br)cc3c2cnn3-c2ccc(F)cc2)cc1. The van der Waals surface area contributed by atoms with Gasteiger partial charge in [-0.15, -0.1) is 0 Å². The molecule has 0 aliphatic carbocycles. The van der Waals surface area contributed by atoms with E-state index in [4.69, 9.17) is 9.84 Å². The highest BCUT2D eigenvalue weighted by molar-refractivity contribution is 9.10. The molecule has 0 spiro atoms. The van der Waals surface area contributed by atoms with Crippen molar-refractivity contribution >= 4 is 75.6 Å². The number of ether oxygens (including phenoxy) is 1. The topological polar surface area (TPSA) is 233 Å². The first-order chi connectivity index (χ1) is 33.9. The first-order valence-corrected chi connectivity index (χ1v) is 25.3. The predicted molar refractivity (Wildman–Crippen MR) is 266 cm³/mol. The summed E-state index contributed by atoms with van der Waals surface area (Å²) in [4.78, 5) is 38.9. The number of rotatable bonds is 14. The van der Waals surface area contributed by atoms with Crippen molar-refractivity contribution in [2.45, 2.75) is 36.7 Å². The molecule has 0 atom stereocenters. The van der Waals surface area contributed by atoms with Gasteiger partial charge in [-0.3, -0.25) is 9.59 Å². The van der Waals surface area contributed by atoms with Gasteiger partial charge in [0.25, 0.3) is 11.8 Å². The molecular weight excluding hydrogens is 1030 g/mol. The Morgan fingerprint density at radius 2 is 1.01 bits per heavy atom. The van der Waals surface area contributed by atoms with Crippen LogP contribution in [0.2, 0.25) is 0 Å². The summed E-state index contributed by atoms with van der Waals surface area (Å²) in [5.74, 6) is -2.11. The van der Waals surface area contributed by atoms with Crippen LogP contribution in [-0.4, -0.2) is 86.6 Å². The van der Waals surface area contributed by atoms with Crippen LogP contribution in [0.1, 0.15) is 56.0 Å². The number of aromatic nitrogens is 4. The van der Waals surface area contributed by atoms with Crippen molar-refractivity contribution in [3.63, 3.8) is 0 Å². The zero-order valence-electron chi connectivity index (χ0n) is 38.5.